The second-order valence-corrected chi connectivity index (χ2v) is 7.51. The summed E-state index contributed by atoms with van der Waals surface area (Å²) in [5.41, 5.74) is 2.76. The van der Waals surface area contributed by atoms with Gasteiger partial charge in [-0.1, -0.05) is 4.49 Å². The Labute approximate surface area is 161 Å². The summed E-state index contributed by atoms with van der Waals surface area (Å²) in [4.78, 5) is 28.2. The van der Waals surface area contributed by atoms with Gasteiger partial charge in [0.25, 0.3) is 5.91 Å². The van der Waals surface area contributed by atoms with Gasteiger partial charge in [-0.2, -0.15) is 0 Å². The molecule has 3 heterocycles. The zero-order chi connectivity index (χ0) is 19.0. The predicted octanol–water partition coefficient (Wildman–Crippen LogP) is 1.82. The number of anilines is 2. The number of rotatable bonds is 3. The molecule has 8 nitrogen and oxygen atoms in total. The van der Waals surface area contributed by atoms with Crippen LogP contribution in [0.2, 0.25) is 0 Å². The fourth-order valence-electron chi connectivity index (χ4n) is 3.32. The number of piperazine rings is 1. The molecular formula is C18H21N7OS. The van der Waals surface area contributed by atoms with Crippen LogP contribution in [0.1, 0.15) is 15.4 Å². The third kappa shape index (κ3) is 3.30. The van der Waals surface area contributed by atoms with Crippen molar-refractivity contribution in [2.45, 2.75) is 6.92 Å². The van der Waals surface area contributed by atoms with Crippen molar-refractivity contribution in [1.29, 1.82) is 0 Å². The highest BCUT2D eigenvalue weighted by molar-refractivity contribution is 7.07. The standard InChI is InChI=1S/C18H21N7OS/c1-12-16(27-22-21-12)18(26)25-8-6-24(7-9-25)13-4-5-15-14(10-13)17(23(2)3)20-11-19-15/h4-5,10-11H,6-9H2,1-3H3. The smallest absolute Gasteiger partial charge is 0.267 e. The van der Waals surface area contributed by atoms with Crippen LogP contribution in [0.5, 0.6) is 0 Å². The topological polar surface area (TPSA) is 78.4 Å². The minimum absolute atomic E-state index is 0.0314. The Kier molecular flexibility index (Phi) is 4.61. The molecule has 1 amide bonds. The van der Waals surface area contributed by atoms with E-state index in [4.69, 9.17) is 0 Å². The van der Waals surface area contributed by atoms with E-state index in [1.54, 1.807) is 6.33 Å². The van der Waals surface area contributed by atoms with E-state index < -0.39 is 0 Å². The summed E-state index contributed by atoms with van der Waals surface area (Å²) in [6.07, 6.45) is 1.60. The van der Waals surface area contributed by atoms with Crippen molar-refractivity contribution in [1.82, 2.24) is 24.5 Å². The average molecular weight is 383 g/mol. The lowest BCUT2D eigenvalue weighted by molar-refractivity contribution is 0.0750. The Balaban J connectivity index is 1.52. The lowest BCUT2D eigenvalue weighted by atomic mass is 10.1. The number of fused-ring (bicyclic) bond motifs is 1. The van der Waals surface area contributed by atoms with Gasteiger partial charge in [0.05, 0.1) is 11.2 Å². The summed E-state index contributed by atoms with van der Waals surface area (Å²) in [5.74, 6) is 0.938. The van der Waals surface area contributed by atoms with Crippen molar-refractivity contribution in [3.63, 3.8) is 0 Å². The van der Waals surface area contributed by atoms with Crippen molar-refractivity contribution < 1.29 is 4.79 Å². The second-order valence-electron chi connectivity index (χ2n) is 6.76. The van der Waals surface area contributed by atoms with Crippen molar-refractivity contribution in [2.24, 2.45) is 0 Å². The molecule has 1 aliphatic heterocycles. The van der Waals surface area contributed by atoms with E-state index in [0.29, 0.717) is 23.7 Å². The molecule has 2 aromatic heterocycles. The van der Waals surface area contributed by atoms with Crippen molar-refractivity contribution in [3.05, 3.63) is 35.1 Å². The predicted molar refractivity (Wildman–Crippen MR) is 107 cm³/mol. The molecule has 4 rings (SSSR count). The summed E-state index contributed by atoms with van der Waals surface area (Å²) in [7, 11) is 3.96. The van der Waals surface area contributed by atoms with E-state index in [1.165, 1.54) is 11.5 Å². The highest BCUT2D eigenvalue weighted by Crippen LogP contribution is 2.27. The molecular weight excluding hydrogens is 362 g/mol. The van der Waals surface area contributed by atoms with E-state index in [0.717, 1.165) is 35.5 Å². The summed E-state index contributed by atoms with van der Waals surface area (Å²) >= 11 is 1.17. The Morgan fingerprint density at radius 2 is 1.93 bits per heavy atom. The van der Waals surface area contributed by atoms with Gasteiger partial charge in [0, 0.05) is 51.3 Å². The van der Waals surface area contributed by atoms with Crippen LogP contribution in [-0.4, -0.2) is 70.6 Å². The molecule has 0 atom stereocenters. The van der Waals surface area contributed by atoms with E-state index in [-0.39, 0.29) is 5.91 Å². The molecule has 0 N–H and O–H groups in total. The average Bonchev–Trinajstić information content (AvgIpc) is 3.12. The van der Waals surface area contributed by atoms with Gasteiger partial charge in [0.1, 0.15) is 17.0 Å². The minimum atomic E-state index is 0.0314. The Hall–Kier alpha value is -2.81. The molecule has 0 bridgehead atoms. The van der Waals surface area contributed by atoms with Crippen LogP contribution < -0.4 is 9.80 Å². The number of carbonyl (C=O) groups excluding carboxylic acids is 1. The van der Waals surface area contributed by atoms with Crippen LogP contribution in [-0.2, 0) is 0 Å². The van der Waals surface area contributed by atoms with Gasteiger partial charge in [-0.3, -0.25) is 4.79 Å². The van der Waals surface area contributed by atoms with Gasteiger partial charge >= 0.3 is 0 Å². The first-order valence-electron chi connectivity index (χ1n) is 8.80. The molecule has 27 heavy (non-hydrogen) atoms. The van der Waals surface area contributed by atoms with Crippen molar-refractivity contribution in [2.75, 3.05) is 50.1 Å². The third-order valence-electron chi connectivity index (χ3n) is 4.80. The normalized spacial score (nSPS) is 14.6. The number of amides is 1. The molecule has 0 spiro atoms. The summed E-state index contributed by atoms with van der Waals surface area (Å²) in [5, 5.41) is 4.97. The molecule has 0 saturated carbocycles. The van der Waals surface area contributed by atoms with Crippen LogP contribution in [0.15, 0.2) is 24.5 Å². The van der Waals surface area contributed by atoms with E-state index in [1.807, 2.05) is 36.9 Å². The fourth-order valence-corrected chi connectivity index (χ4v) is 3.95. The molecule has 1 aromatic carbocycles. The molecule has 0 unspecified atom stereocenters. The van der Waals surface area contributed by atoms with Crippen LogP contribution in [0.4, 0.5) is 11.5 Å². The minimum Gasteiger partial charge on any atom is -0.368 e. The summed E-state index contributed by atoms with van der Waals surface area (Å²) in [6, 6.07) is 6.26. The Morgan fingerprint density at radius 1 is 1.15 bits per heavy atom. The van der Waals surface area contributed by atoms with Gasteiger partial charge in [0.15, 0.2) is 0 Å². The van der Waals surface area contributed by atoms with Crippen LogP contribution in [0.25, 0.3) is 10.9 Å². The number of aromatic nitrogens is 4. The van der Waals surface area contributed by atoms with Crippen LogP contribution >= 0.6 is 11.5 Å². The SMILES string of the molecule is Cc1nnsc1C(=O)N1CCN(c2ccc3ncnc(N(C)C)c3c2)CC1. The zero-order valence-corrected chi connectivity index (χ0v) is 16.4. The molecule has 3 aromatic rings. The van der Waals surface area contributed by atoms with E-state index in [2.05, 4.69) is 36.6 Å². The highest BCUT2D eigenvalue weighted by atomic mass is 32.1. The van der Waals surface area contributed by atoms with Gasteiger partial charge in [-0.05, 0) is 36.7 Å². The highest BCUT2D eigenvalue weighted by Gasteiger charge is 2.25. The summed E-state index contributed by atoms with van der Waals surface area (Å²) < 4.78 is 3.87. The van der Waals surface area contributed by atoms with Crippen LogP contribution in [0, 0.1) is 6.92 Å². The number of nitrogens with zero attached hydrogens (tertiary/aromatic N) is 7. The molecule has 0 aliphatic carbocycles. The first-order chi connectivity index (χ1) is 13.0. The maximum absolute atomic E-state index is 12.6. The third-order valence-corrected chi connectivity index (χ3v) is 5.62. The monoisotopic (exact) mass is 383 g/mol. The number of aryl methyl sites for hydroxylation is 1. The number of hydrogen-bond acceptors (Lipinski definition) is 8. The van der Waals surface area contributed by atoms with Gasteiger partial charge in [0.2, 0.25) is 0 Å². The lowest BCUT2D eigenvalue weighted by Crippen LogP contribution is -2.48. The quantitative estimate of drug-likeness (QED) is 0.683. The molecule has 1 fully saturated rings. The van der Waals surface area contributed by atoms with E-state index >= 15 is 0 Å². The zero-order valence-electron chi connectivity index (χ0n) is 15.6. The molecule has 9 heteroatoms. The van der Waals surface area contributed by atoms with Gasteiger partial charge < -0.3 is 14.7 Å². The second kappa shape index (κ2) is 7.07. The largest absolute Gasteiger partial charge is 0.368 e. The van der Waals surface area contributed by atoms with E-state index in [9.17, 15) is 4.79 Å². The van der Waals surface area contributed by atoms with Gasteiger partial charge in [-0.25, -0.2) is 9.97 Å². The number of benzene rings is 1. The number of hydrogen-bond donors (Lipinski definition) is 0. The molecule has 1 aliphatic rings. The Bertz CT molecular complexity index is 979. The fraction of sp³-hybridized carbons (Fsp3) is 0.389. The first-order valence-corrected chi connectivity index (χ1v) is 9.57. The van der Waals surface area contributed by atoms with Crippen LogP contribution in [0.3, 0.4) is 0 Å². The maximum atomic E-state index is 12.6. The molecule has 1 saturated heterocycles. The first kappa shape index (κ1) is 17.6. The lowest BCUT2D eigenvalue weighted by Gasteiger charge is -2.36. The van der Waals surface area contributed by atoms with Crippen molar-refractivity contribution >= 4 is 39.8 Å². The summed E-state index contributed by atoms with van der Waals surface area (Å²) in [6.45, 7) is 4.76. The number of carbonyl (C=O) groups is 1. The molecule has 140 valence electrons. The maximum Gasteiger partial charge on any atom is 0.267 e. The Morgan fingerprint density at radius 3 is 2.59 bits per heavy atom. The van der Waals surface area contributed by atoms with Gasteiger partial charge in [-0.15, -0.1) is 5.10 Å². The molecule has 0 radical (unpaired) electrons. The van der Waals surface area contributed by atoms with Crippen molar-refractivity contribution in [3.8, 4) is 0 Å².